The highest BCUT2D eigenvalue weighted by Crippen LogP contribution is 2.32. The molecule has 0 fully saturated rings. The monoisotopic (exact) mass is 373 g/mol. The summed E-state index contributed by atoms with van der Waals surface area (Å²) in [6, 6.07) is 5.28. The maximum absolute atomic E-state index is 13.2. The molecule has 4 rings (SSSR count). The molecule has 0 atom stereocenters. The number of hydrogen-bond acceptors (Lipinski definition) is 4. The molecule has 0 unspecified atom stereocenters. The summed E-state index contributed by atoms with van der Waals surface area (Å²) in [5.41, 5.74) is 0.360. The van der Waals surface area contributed by atoms with E-state index in [1.54, 1.807) is 11.9 Å². The lowest BCUT2D eigenvalue weighted by molar-refractivity contribution is -0.129. The normalized spacial score (nSPS) is 13.9. The third-order valence-corrected chi connectivity index (χ3v) is 6.06. The second kappa shape index (κ2) is 5.91. The summed E-state index contributed by atoms with van der Waals surface area (Å²) in [5.74, 6) is -0.442. The van der Waals surface area contributed by atoms with E-state index >= 15 is 0 Å². The van der Waals surface area contributed by atoms with Gasteiger partial charge in [0.2, 0.25) is 5.91 Å². The quantitative estimate of drug-likeness (QED) is 0.653. The molecular formula is C18H16FN3O3S. The van der Waals surface area contributed by atoms with Crippen LogP contribution in [0.4, 0.5) is 4.39 Å². The number of carbonyl (C=O) groups is 1. The third kappa shape index (κ3) is 2.40. The van der Waals surface area contributed by atoms with Crippen LogP contribution in [0, 0.1) is 5.82 Å². The van der Waals surface area contributed by atoms with E-state index in [0.29, 0.717) is 35.4 Å². The molecule has 0 bridgehead atoms. The SMILES string of the molecule is CC(=O)N1CCc2c(sc3c2c(=O)n(-c2ccc(F)cc2)c(=O)n3C)C1. The Hall–Kier alpha value is -2.74. The number of amides is 1. The van der Waals surface area contributed by atoms with Gasteiger partial charge in [-0.2, -0.15) is 0 Å². The van der Waals surface area contributed by atoms with E-state index in [2.05, 4.69) is 0 Å². The molecule has 0 aliphatic carbocycles. The Morgan fingerprint density at radius 1 is 1.19 bits per heavy atom. The first-order valence-corrected chi connectivity index (χ1v) is 8.98. The fourth-order valence-electron chi connectivity index (χ4n) is 3.37. The molecule has 3 heterocycles. The van der Waals surface area contributed by atoms with Gasteiger partial charge in [0, 0.05) is 25.4 Å². The summed E-state index contributed by atoms with van der Waals surface area (Å²) in [6.45, 7) is 2.52. The molecule has 0 N–H and O–H groups in total. The summed E-state index contributed by atoms with van der Waals surface area (Å²) in [5, 5.41) is 0.514. The molecule has 0 saturated heterocycles. The number of halogens is 1. The van der Waals surface area contributed by atoms with Crippen molar-refractivity contribution in [3.63, 3.8) is 0 Å². The van der Waals surface area contributed by atoms with Crippen LogP contribution in [-0.4, -0.2) is 26.5 Å². The average molecular weight is 373 g/mol. The van der Waals surface area contributed by atoms with Gasteiger partial charge in [-0.3, -0.25) is 14.2 Å². The minimum Gasteiger partial charge on any atom is -0.337 e. The number of hydrogen-bond donors (Lipinski definition) is 0. The van der Waals surface area contributed by atoms with Crippen LogP contribution < -0.4 is 11.2 Å². The first-order valence-electron chi connectivity index (χ1n) is 8.16. The Labute approximate surface area is 151 Å². The van der Waals surface area contributed by atoms with Crippen LogP contribution in [0.3, 0.4) is 0 Å². The van der Waals surface area contributed by atoms with Crippen molar-refractivity contribution in [3.05, 3.63) is 61.4 Å². The van der Waals surface area contributed by atoms with E-state index < -0.39 is 17.1 Å². The molecule has 1 aliphatic heterocycles. The van der Waals surface area contributed by atoms with Gasteiger partial charge < -0.3 is 4.90 Å². The second-order valence-corrected chi connectivity index (χ2v) is 7.42. The molecule has 2 aromatic heterocycles. The molecule has 1 amide bonds. The first-order chi connectivity index (χ1) is 12.4. The molecule has 134 valence electrons. The van der Waals surface area contributed by atoms with Crippen molar-refractivity contribution >= 4 is 27.5 Å². The number of nitrogens with zero attached hydrogens (tertiary/aromatic N) is 3. The minimum atomic E-state index is -0.476. The molecular weight excluding hydrogens is 357 g/mol. The van der Waals surface area contributed by atoms with Crippen molar-refractivity contribution in [3.8, 4) is 5.69 Å². The molecule has 0 saturated carbocycles. The number of rotatable bonds is 1. The molecule has 8 heteroatoms. The highest BCUT2D eigenvalue weighted by atomic mass is 32.1. The van der Waals surface area contributed by atoms with Gasteiger partial charge in [-0.15, -0.1) is 11.3 Å². The number of thiophene rings is 1. The van der Waals surface area contributed by atoms with Gasteiger partial charge in [-0.05, 0) is 36.2 Å². The highest BCUT2D eigenvalue weighted by molar-refractivity contribution is 7.18. The zero-order chi connectivity index (χ0) is 18.6. The van der Waals surface area contributed by atoms with Crippen LogP contribution in [0.2, 0.25) is 0 Å². The summed E-state index contributed by atoms with van der Waals surface area (Å²) < 4.78 is 15.7. The third-order valence-electron chi connectivity index (χ3n) is 4.77. The lowest BCUT2D eigenvalue weighted by atomic mass is 10.1. The van der Waals surface area contributed by atoms with Crippen LogP contribution in [0.1, 0.15) is 17.4 Å². The van der Waals surface area contributed by atoms with Crippen molar-refractivity contribution in [1.29, 1.82) is 0 Å². The molecule has 0 spiro atoms. The lowest BCUT2D eigenvalue weighted by Gasteiger charge is -2.25. The smallest absolute Gasteiger partial charge is 0.336 e. The van der Waals surface area contributed by atoms with Crippen molar-refractivity contribution in [1.82, 2.24) is 14.0 Å². The summed E-state index contributed by atoms with van der Waals surface area (Å²) in [6.07, 6.45) is 0.575. The van der Waals surface area contributed by atoms with E-state index in [4.69, 9.17) is 0 Å². The van der Waals surface area contributed by atoms with E-state index in [9.17, 15) is 18.8 Å². The summed E-state index contributed by atoms with van der Waals surface area (Å²) in [4.78, 5) is 40.8. The topological polar surface area (TPSA) is 64.3 Å². The average Bonchev–Trinajstić information content (AvgIpc) is 3.00. The number of fused-ring (bicyclic) bond motifs is 3. The fraction of sp³-hybridized carbons (Fsp3) is 0.278. The minimum absolute atomic E-state index is 0.00859. The number of aryl methyl sites for hydroxylation is 1. The molecule has 0 radical (unpaired) electrons. The van der Waals surface area contributed by atoms with Crippen LogP contribution >= 0.6 is 11.3 Å². The maximum Gasteiger partial charge on any atom is 0.336 e. The Balaban J connectivity index is 2.00. The zero-order valence-electron chi connectivity index (χ0n) is 14.3. The largest absolute Gasteiger partial charge is 0.337 e. The zero-order valence-corrected chi connectivity index (χ0v) is 15.1. The van der Waals surface area contributed by atoms with Crippen molar-refractivity contribution in [2.45, 2.75) is 19.9 Å². The molecule has 6 nitrogen and oxygen atoms in total. The van der Waals surface area contributed by atoms with Crippen LogP contribution in [-0.2, 0) is 24.8 Å². The van der Waals surface area contributed by atoms with Crippen molar-refractivity contribution in [2.24, 2.45) is 7.05 Å². The Morgan fingerprint density at radius 2 is 1.88 bits per heavy atom. The van der Waals surface area contributed by atoms with Crippen LogP contribution in [0.25, 0.3) is 15.9 Å². The van der Waals surface area contributed by atoms with E-state index in [1.165, 1.54) is 47.1 Å². The maximum atomic E-state index is 13.2. The lowest BCUT2D eigenvalue weighted by Crippen LogP contribution is -2.38. The number of aromatic nitrogens is 2. The molecule has 3 aromatic rings. The molecule has 26 heavy (non-hydrogen) atoms. The molecule has 1 aromatic carbocycles. The van der Waals surface area contributed by atoms with E-state index in [-0.39, 0.29) is 5.91 Å². The predicted molar refractivity (Wildman–Crippen MR) is 97.4 cm³/mol. The standard InChI is InChI=1S/C18H16FN3O3S/c1-10(23)21-8-7-13-14(9-21)26-17-15(13)16(24)22(18(25)20(17)2)12-5-3-11(19)4-6-12/h3-6H,7-9H2,1-2H3. The van der Waals surface area contributed by atoms with Gasteiger partial charge in [0.05, 0.1) is 17.6 Å². The first kappa shape index (κ1) is 16.7. The van der Waals surface area contributed by atoms with Crippen LogP contribution in [0.15, 0.2) is 33.9 Å². The Bertz CT molecular complexity index is 1160. The van der Waals surface area contributed by atoms with Gasteiger partial charge in [0.15, 0.2) is 0 Å². The van der Waals surface area contributed by atoms with Gasteiger partial charge in [0.25, 0.3) is 5.56 Å². The van der Waals surface area contributed by atoms with E-state index in [0.717, 1.165) is 15.0 Å². The second-order valence-electron chi connectivity index (χ2n) is 6.33. The summed E-state index contributed by atoms with van der Waals surface area (Å²) in [7, 11) is 1.62. The van der Waals surface area contributed by atoms with Gasteiger partial charge >= 0.3 is 5.69 Å². The van der Waals surface area contributed by atoms with E-state index in [1.807, 2.05) is 0 Å². The van der Waals surface area contributed by atoms with Crippen molar-refractivity contribution < 1.29 is 9.18 Å². The van der Waals surface area contributed by atoms with Gasteiger partial charge in [-0.25, -0.2) is 13.8 Å². The fourth-order valence-corrected chi connectivity index (χ4v) is 4.68. The number of carbonyl (C=O) groups excluding carboxylic acids is 1. The Kier molecular flexibility index (Phi) is 3.80. The molecule has 1 aliphatic rings. The van der Waals surface area contributed by atoms with Crippen molar-refractivity contribution in [2.75, 3.05) is 6.54 Å². The van der Waals surface area contributed by atoms with Gasteiger partial charge in [0.1, 0.15) is 10.6 Å². The summed E-state index contributed by atoms with van der Waals surface area (Å²) >= 11 is 1.38. The number of benzene rings is 1. The highest BCUT2D eigenvalue weighted by Gasteiger charge is 2.26. The predicted octanol–water partition coefficient (Wildman–Crippen LogP) is 1.79. The van der Waals surface area contributed by atoms with Crippen LogP contribution in [0.5, 0.6) is 0 Å². The van der Waals surface area contributed by atoms with Gasteiger partial charge in [-0.1, -0.05) is 0 Å². The Morgan fingerprint density at radius 3 is 2.54 bits per heavy atom.